The fraction of sp³-hybridized carbons (Fsp3) is 0.115. The van der Waals surface area contributed by atoms with E-state index in [0.717, 1.165) is 28.0 Å². The quantitative estimate of drug-likeness (QED) is 0.379. The number of aromatic nitrogens is 4. The first-order valence-corrected chi connectivity index (χ1v) is 10.7. The van der Waals surface area contributed by atoms with Crippen LogP contribution in [-0.4, -0.2) is 19.4 Å². The van der Waals surface area contributed by atoms with E-state index in [1.807, 2.05) is 47.0 Å². The second-order valence-corrected chi connectivity index (χ2v) is 7.83. The highest BCUT2D eigenvalue weighted by Gasteiger charge is 2.18. The number of nitrogens with one attached hydrogen (secondary N) is 1. The number of hydrogen-bond donors (Lipinski definition) is 2. The van der Waals surface area contributed by atoms with Crippen LogP contribution in [0, 0.1) is 5.82 Å². The molecule has 0 aliphatic rings. The Morgan fingerprint density at radius 2 is 1.79 bits per heavy atom. The van der Waals surface area contributed by atoms with Crippen LogP contribution in [-0.2, 0) is 6.54 Å². The number of nitrogens with zero attached hydrogens (tertiary/aromatic N) is 4. The van der Waals surface area contributed by atoms with Crippen LogP contribution in [0.25, 0.3) is 28.3 Å². The second-order valence-electron chi connectivity index (χ2n) is 7.83. The van der Waals surface area contributed by atoms with Gasteiger partial charge in [0.05, 0.1) is 23.1 Å². The predicted molar refractivity (Wildman–Crippen MR) is 128 cm³/mol. The topological polar surface area (TPSA) is 81.1 Å². The molecule has 0 unspecified atom stereocenters. The second kappa shape index (κ2) is 8.80. The number of nitrogens with two attached hydrogens (primary N) is 1. The van der Waals surface area contributed by atoms with Crippen LogP contribution in [0.2, 0.25) is 0 Å². The summed E-state index contributed by atoms with van der Waals surface area (Å²) in [5, 5.41) is 3.38. The Morgan fingerprint density at radius 3 is 2.55 bits per heavy atom. The Hall–Kier alpha value is -4.10. The summed E-state index contributed by atoms with van der Waals surface area (Å²) in [5.74, 6) is 0.223. The van der Waals surface area contributed by atoms with E-state index >= 15 is 0 Å². The van der Waals surface area contributed by atoms with E-state index in [0.29, 0.717) is 23.9 Å². The molecule has 6 nitrogen and oxygen atoms in total. The molecular formula is C26H23FN6. The van der Waals surface area contributed by atoms with Gasteiger partial charge in [0.15, 0.2) is 0 Å². The average molecular weight is 439 g/mol. The molecule has 3 aromatic heterocycles. The van der Waals surface area contributed by atoms with Crippen LogP contribution < -0.4 is 11.1 Å². The van der Waals surface area contributed by atoms with Crippen molar-refractivity contribution < 1.29 is 4.39 Å². The molecule has 0 aliphatic heterocycles. The number of anilines is 1. The zero-order chi connectivity index (χ0) is 22.8. The van der Waals surface area contributed by atoms with Gasteiger partial charge in [0.1, 0.15) is 11.5 Å². The SMILES string of the molecule is C[C@H](Nc1nccc(-c2c(-c3ccc(F)cc3)nc3cc(CN)ccn23)n1)c1ccccc1. The lowest BCUT2D eigenvalue weighted by Gasteiger charge is -2.15. The molecule has 3 heterocycles. The summed E-state index contributed by atoms with van der Waals surface area (Å²) >= 11 is 0. The maximum atomic E-state index is 13.6. The van der Waals surface area contributed by atoms with E-state index < -0.39 is 0 Å². The lowest BCUT2D eigenvalue weighted by Crippen LogP contribution is -2.09. The molecule has 0 saturated carbocycles. The number of halogens is 1. The van der Waals surface area contributed by atoms with E-state index in [9.17, 15) is 4.39 Å². The summed E-state index contributed by atoms with van der Waals surface area (Å²) < 4.78 is 15.6. The Labute approximate surface area is 191 Å². The zero-order valence-corrected chi connectivity index (χ0v) is 18.1. The van der Waals surface area contributed by atoms with Crippen molar-refractivity contribution in [2.24, 2.45) is 5.73 Å². The van der Waals surface area contributed by atoms with Crippen LogP contribution in [0.1, 0.15) is 24.1 Å². The smallest absolute Gasteiger partial charge is 0.223 e. The van der Waals surface area contributed by atoms with Crippen LogP contribution in [0.3, 0.4) is 0 Å². The molecule has 5 rings (SSSR count). The fourth-order valence-electron chi connectivity index (χ4n) is 3.85. The molecule has 0 saturated heterocycles. The fourth-order valence-corrected chi connectivity index (χ4v) is 3.85. The lowest BCUT2D eigenvalue weighted by atomic mass is 10.1. The van der Waals surface area contributed by atoms with Crippen molar-refractivity contribution in [3.8, 4) is 22.6 Å². The van der Waals surface area contributed by atoms with Crippen LogP contribution in [0.4, 0.5) is 10.3 Å². The molecule has 0 spiro atoms. The molecule has 7 heteroatoms. The van der Waals surface area contributed by atoms with E-state index in [1.54, 1.807) is 18.3 Å². The number of pyridine rings is 1. The molecule has 0 aliphatic carbocycles. The van der Waals surface area contributed by atoms with E-state index in [-0.39, 0.29) is 11.9 Å². The van der Waals surface area contributed by atoms with Crippen LogP contribution >= 0.6 is 0 Å². The molecule has 33 heavy (non-hydrogen) atoms. The highest BCUT2D eigenvalue weighted by atomic mass is 19.1. The number of benzene rings is 2. The Bertz CT molecular complexity index is 1400. The number of hydrogen-bond acceptors (Lipinski definition) is 5. The molecular weight excluding hydrogens is 415 g/mol. The Kier molecular flexibility index (Phi) is 5.54. The molecule has 0 bridgehead atoms. The molecule has 0 amide bonds. The molecule has 0 fully saturated rings. The number of fused-ring (bicyclic) bond motifs is 1. The summed E-state index contributed by atoms with van der Waals surface area (Å²) in [6.07, 6.45) is 3.67. The predicted octanol–water partition coefficient (Wildman–Crippen LogP) is 5.23. The first-order chi connectivity index (χ1) is 16.1. The molecule has 2 aromatic carbocycles. The molecule has 0 radical (unpaired) electrons. The third kappa shape index (κ3) is 4.18. The van der Waals surface area contributed by atoms with Crippen molar-refractivity contribution in [3.05, 3.63) is 102 Å². The molecule has 5 aromatic rings. The third-order valence-electron chi connectivity index (χ3n) is 5.59. The Morgan fingerprint density at radius 1 is 1.00 bits per heavy atom. The highest BCUT2D eigenvalue weighted by molar-refractivity contribution is 5.80. The van der Waals surface area contributed by atoms with Crippen molar-refractivity contribution >= 4 is 11.6 Å². The summed E-state index contributed by atoms with van der Waals surface area (Å²) in [7, 11) is 0. The van der Waals surface area contributed by atoms with Crippen LogP contribution in [0.5, 0.6) is 0 Å². The van der Waals surface area contributed by atoms with Gasteiger partial charge in [-0.1, -0.05) is 30.3 Å². The van der Waals surface area contributed by atoms with Crippen molar-refractivity contribution in [2.45, 2.75) is 19.5 Å². The van der Waals surface area contributed by atoms with Gasteiger partial charge in [-0.05, 0) is 60.5 Å². The van der Waals surface area contributed by atoms with Gasteiger partial charge >= 0.3 is 0 Å². The monoisotopic (exact) mass is 438 g/mol. The maximum absolute atomic E-state index is 13.6. The molecule has 164 valence electrons. The summed E-state index contributed by atoms with van der Waals surface area (Å²) in [4.78, 5) is 14.1. The van der Waals surface area contributed by atoms with Gasteiger partial charge in [0.2, 0.25) is 5.95 Å². The average Bonchev–Trinajstić information content (AvgIpc) is 3.24. The van der Waals surface area contributed by atoms with E-state index in [4.69, 9.17) is 15.7 Å². The lowest BCUT2D eigenvalue weighted by molar-refractivity contribution is 0.628. The maximum Gasteiger partial charge on any atom is 0.223 e. The van der Waals surface area contributed by atoms with E-state index in [1.165, 1.54) is 12.1 Å². The van der Waals surface area contributed by atoms with Gasteiger partial charge in [0.25, 0.3) is 0 Å². The Balaban J connectivity index is 1.61. The summed E-state index contributed by atoms with van der Waals surface area (Å²) in [5.41, 5.74) is 11.7. The van der Waals surface area contributed by atoms with Crippen LogP contribution in [0.15, 0.2) is 85.2 Å². The largest absolute Gasteiger partial charge is 0.348 e. The zero-order valence-electron chi connectivity index (χ0n) is 18.1. The highest BCUT2D eigenvalue weighted by Crippen LogP contribution is 2.32. The molecule has 1 atom stereocenters. The first-order valence-electron chi connectivity index (χ1n) is 10.7. The standard InChI is InChI=1S/C26H23FN6/c1-17(19-5-3-2-4-6-19)30-26-29-13-11-22(31-26)25-24(20-7-9-21(27)10-8-20)32-23-15-18(16-28)12-14-33(23)25/h2-15,17H,16,28H2,1H3,(H,29,30,31)/t17-/m0/s1. The minimum Gasteiger partial charge on any atom is -0.348 e. The van der Waals surface area contributed by atoms with Gasteiger partial charge < -0.3 is 11.1 Å². The summed E-state index contributed by atoms with van der Waals surface area (Å²) in [6.45, 7) is 2.49. The van der Waals surface area contributed by atoms with Gasteiger partial charge in [-0.2, -0.15) is 0 Å². The van der Waals surface area contributed by atoms with Gasteiger partial charge in [-0.25, -0.2) is 19.3 Å². The first kappa shape index (κ1) is 20.8. The van der Waals surface area contributed by atoms with Gasteiger partial charge in [0, 0.05) is 24.5 Å². The van der Waals surface area contributed by atoms with Crippen molar-refractivity contribution in [2.75, 3.05) is 5.32 Å². The van der Waals surface area contributed by atoms with Crippen molar-refractivity contribution in [1.82, 2.24) is 19.4 Å². The minimum absolute atomic E-state index is 0.0346. The minimum atomic E-state index is -0.294. The molecule has 3 N–H and O–H groups in total. The van der Waals surface area contributed by atoms with Gasteiger partial charge in [-0.3, -0.25) is 4.40 Å². The van der Waals surface area contributed by atoms with Crippen molar-refractivity contribution in [1.29, 1.82) is 0 Å². The van der Waals surface area contributed by atoms with E-state index in [2.05, 4.69) is 29.4 Å². The normalized spacial score (nSPS) is 12.1. The van der Waals surface area contributed by atoms with Crippen molar-refractivity contribution in [3.63, 3.8) is 0 Å². The van der Waals surface area contributed by atoms with Gasteiger partial charge in [-0.15, -0.1) is 0 Å². The number of imidazole rings is 1. The third-order valence-corrected chi connectivity index (χ3v) is 5.59. The summed E-state index contributed by atoms with van der Waals surface area (Å²) in [6, 6.07) is 22.3. The number of rotatable bonds is 6.